The number of esters is 2. The number of aliphatic hydroxyl groups is 3. The number of hydrogen-bond donors (Lipinski definition) is 3. The van der Waals surface area contributed by atoms with Crippen LogP contribution in [0.2, 0.25) is 0 Å². The molecule has 12 aromatic carbocycles. The van der Waals surface area contributed by atoms with Crippen molar-refractivity contribution in [3.05, 3.63) is 312 Å². The summed E-state index contributed by atoms with van der Waals surface area (Å²) in [6.07, 6.45) is -0.792. The highest BCUT2D eigenvalue weighted by atomic mass is 16.6. The molecule has 11 nitrogen and oxygen atoms in total. The van der Waals surface area contributed by atoms with Crippen molar-refractivity contribution in [3.63, 3.8) is 0 Å². The third kappa shape index (κ3) is 10.9. The Morgan fingerprint density at radius 3 is 0.804 bits per heavy atom. The summed E-state index contributed by atoms with van der Waals surface area (Å²) >= 11 is 0. The zero-order valence-electron chi connectivity index (χ0n) is 50.2. The summed E-state index contributed by atoms with van der Waals surface area (Å²) in [5.41, 5.74) is 12.7. The van der Waals surface area contributed by atoms with Gasteiger partial charge < -0.3 is 43.7 Å². The summed E-state index contributed by atoms with van der Waals surface area (Å²) in [5.74, 6) is 1.24. The van der Waals surface area contributed by atoms with Crippen LogP contribution in [0.25, 0.3) is 65.3 Å². The molecule has 0 heterocycles. The van der Waals surface area contributed by atoms with E-state index >= 15 is 0 Å². The molecule has 0 aromatic heterocycles. The van der Waals surface area contributed by atoms with Crippen LogP contribution in [0.5, 0.6) is 23.0 Å². The van der Waals surface area contributed by atoms with Gasteiger partial charge in [-0.3, -0.25) is 0 Å². The number of ether oxygens (including phenoxy) is 6. The molecule has 12 aromatic rings. The molecule has 3 N–H and O–H groups in total. The fourth-order valence-electron chi connectivity index (χ4n) is 13.6. The van der Waals surface area contributed by atoms with E-state index in [1.54, 1.807) is 0 Å². The van der Waals surface area contributed by atoms with Crippen LogP contribution in [0, 0.1) is 0 Å². The van der Waals surface area contributed by atoms with Crippen molar-refractivity contribution in [2.45, 2.75) is 29.1 Å². The monoisotopic (exact) mass is 1210 g/mol. The largest absolute Gasteiger partial charge is 0.491 e. The van der Waals surface area contributed by atoms with Crippen LogP contribution in [0.15, 0.2) is 268 Å². The van der Waals surface area contributed by atoms with E-state index in [1.165, 1.54) is 44.5 Å². The number of hydrogen-bond acceptors (Lipinski definition) is 11. The third-order valence-electron chi connectivity index (χ3n) is 17.8. The number of benzene rings is 12. The molecule has 2 unspecified atom stereocenters. The van der Waals surface area contributed by atoms with Gasteiger partial charge in [-0.25, -0.2) is 9.59 Å². The molecule has 0 saturated carbocycles. The zero-order chi connectivity index (χ0) is 62.9. The molecule has 2 aliphatic rings. The van der Waals surface area contributed by atoms with Crippen LogP contribution >= 0.6 is 0 Å². The molecule has 2 atom stereocenters. The highest BCUT2D eigenvalue weighted by molar-refractivity contribution is 5.95. The highest BCUT2D eigenvalue weighted by Gasteiger charge is 2.47. The molecular weight excluding hydrogens is 1150 g/mol. The smallest absolute Gasteiger partial charge is 0.330 e. The quantitative estimate of drug-likeness (QED) is 0.0440. The van der Waals surface area contributed by atoms with E-state index in [1.807, 2.05) is 60.7 Å². The van der Waals surface area contributed by atoms with Crippen LogP contribution in [0.3, 0.4) is 0 Å². The molecule has 0 bridgehead atoms. The summed E-state index contributed by atoms with van der Waals surface area (Å²) in [5, 5.41) is 40.1. The van der Waals surface area contributed by atoms with E-state index in [-0.39, 0.29) is 39.6 Å². The fraction of sp³-hybridized carbons (Fsp3) is 0.136. The lowest BCUT2D eigenvalue weighted by Crippen LogP contribution is -2.28. The Kier molecular flexibility index (Phi) is 15.9. The lowest BCUT2D eigenvalue weighted by Gasteiger charge is -2.34. The Morgan fingerprint density at radius 2 is 0.543 bits per heavy atom. The molecule has 0 radical (unpaired) electrons. The first-order valence-electron chi connectivity index (χ1n) is 30.7. The summed E-state index contributed by atoms with van der Waals surface area (Å²) in [6, 6.07) is 84.9. The summed E-state index contributed by atoms with van der Waals surface area (Å²) in [7, 11) is 0. The van der Waals surface area contributed by atoms with Gasteiger partial charge in [-0.1, -0.05) is 183 Å². The second-order valence-corrected chi connectivity index (χ2v) is 23.5. The van der Waals surface area contributed by atoms with E-state index in [0.717, 1.165) is 77.5 Å². The molecule has 454 valence electrons. The van der Waals surface area contributed by atoms with Crippen LogP contribution in [-0.4, -0.2) is 85.2 Å². The number of carbonyl (C=O) groups excluding carboxylic acids is 2. The minimum Gasteiger partial charge on any atom is -0.491 e. The average Bonchev–Trinajstić information content (AvgIpc) is 1.52. The molecule has 0 aliphatic heterocycles. The van der Waals surface area contributed by atoms with Gasteiger partial charge in [0, 0.05) is 12.2 Å². The number of rotatable bonds is 22. The zero-order valence-corrected chi connectivity index (χ0v) is 50.2. The molecular formula is C81H64O11. The normalized spacial score (nSPS) is 14.1. The van der Waals surface area contributed by atoms with Gasteiger partial charge >= 0.3 is 11.9 Å². The molecule has 0 amide bonds. The van der Waals surface area contributed by atoms with Crippen LogP contribution in [0.1, 0.15) is 44.5 Å². The standard InChI is InChI=1S/C81H64O11/c1-3-78(85)91-49-64(83)47-89-68-35-27-53-39-61(31-23-57(53)43-68)80(74-17-9-5-13-70(74)71-14-6-10-18-75(71)80)59-29-21-55-41-66(33-25-51(55)37-59)87-45-63(82)46-88-67-34-26-52-38-60(30-22-56(52)42-67)81(76-19-11-7-15-72(76)73-16-8-12-20-77(73)81)62-32-24-58-44-69(36-28-54(58)40-62)90-48-65(84)50-92-79(86)4-2/h3-44,63-65,82-84H,1-2,45-50H2. The maximum Gasteiger partial charge on any atom is 0.330 e. The van der Waals surface area contributed by atoms with Gasteiger partial charge in [-0.05, 0) is 183 Å². The second-order valence-electron chi connectivity index (χ2n) is 23.5. The lowest BCUT2D eigenvalue weighted by atomic mass is 9.67. The van der Waals surface area contributed by atoms with Crippen molar-refractivity contribution in [1.82, 2.24) is 0 Å². The Labute approximate surface area is 532 Å². The van der Waals surface area contributed by atoms with E-state index in [4.69, 9.17) is 28.4 Å². The minimum absolute atomic E-state index is 0.0252. The van der Waals surface area contributed by atoms with Gasteiger partial charge in [0.15, 0.2) is 0 Å². The maximum absolute atomic E-state index is 11.5. The van der Waals surface area contributed by atoms with E-state index in [2.05, 4.69) is 195 Å². The SMILES string of the molecule is C=CC(=O)OCC(O)COc1ccc2cc(C3(c4ccc5cc(OCC(O)COc6ccc7cc(C8(c9ccc%10cc(OCC(O)COC(=O)C=C)ccc%10c9)c9ccccc9-c9ccccc98)ccc7c6)ccc5c4)c4ccccc4-c4ccccc43)ccc2c1. The van der Waals surface area contributed by atoms with Gasteiger partial charge in [0.05, 0.1) is 10.8 Å². The summed E-state index contributed by atoms with van der Waals surface area (Å²) in [4.78, 5) is 23.0. The summed E-state index contributed by atoms with van der Waals surface area (Å²) in [6.45, 7) is 6.37. The van der Waals surface area contributed by atoms with Gasteiger partial charge in [0.25, 0.3) is 0 Å². The van der Waals surface area contributed by atoms with Crippen LogP contribution in [0.4, 0.5) is 0 Å². The predicted molar refractivity (Wildman–Crippen MR) is 360 cm³/mol. The fourth-order valence-corrected chi connectivity index (χ4v) is 13.6. The van der Waals surface area contributed by atoms with E-state index in [0.29, 0.717) is 23.0 Å². The van der Waals surface area contributed by atoms with Gasteiger partial charge in [-0.2, -0.15) is 0 Å². The number of aliphatic hydroxyl groups excluding tert-OH is 3. The van der Waals surface area contributed by atoms with Crippen molar-refractivity contribution in [2.24, 2.45) is 0 Å². The first-order valence-corrected chi connectivity index (χ1v) is 30.7. The van der Waals surface area contributed by atoms with E-state index in [9.17, 15) is 24.9 Å². The average molecular weight is 1210 g/mol. The molecule has 14 rings (SSSR count). The molecule has 2 aliphatic carbocycles. The van der Waals surface area contributed by atoms with Crippen molar-refractivity contribution in [3.8, 4) is 45.3 Å². The van der Waals surface area contributed by atoms with Crippen molar-refractivity contribution in [1.29, 1.82) is 0 Å². The molecule has 92 heavy (non-hydrogen) atoms. The minimum atomic E-state index is -0.995. The molecule has 0 spiro atoms. The second kappa shape index (κ2) is 24.9. The molecule has 11 heteroatoms. The Bertz CT molecular complexity index is 4460. The Morgan fingerprint density at radius 1 is 0.315 bits per heavy atom. The van der Waals surface area contributed by atoms with Crippen molar-refractivity contribution >= 4 is 55.0 Å². The lowest BCUT2D eigenvalue weighted by molar-refractivity contribution is -0.142. The predicted octanol–water partition coefficient (Wildman–Crippen LogP) is 14.8. The Balaban J connectivity index is 0.680. The van der Waals surface area contributed by atoms with Crippen LogP contribution in [-0.2, 0) is 29.9 Å². The Hall–Kier alpha value is -10.8. The maximum atomic E-state index is 11.5. The highest BCUT2D eigenvalue weighted by Crippen LogP contribution is 2.58. The third-order valence-corrected chi connectivity index (χ3v) is 17.8. The van der Waals surface area contributed by atoms with Gasteiger partial charge in [0.2, 0.25) is 0 Å². The van der Waals surface area contributed by atoms with Crippen molar-refractivity contribution < 1.29 is 53.3 Å². The first-order chi connectivity index (χ1) is 45.0. The van der Waals surface area contributed by atoms with Crippen molar-refractivity contribution in [2.75, 3.05) is 39.6 Å². The molecule has 0 fully saturated rings. The summed E-state index contributed by atoms with van der Waals surface area (Å²) < 4.78 is 34.3. The van der Waals surface area contributed by atoms with E-state index < -0.39 is 41.1 Å². The van der Waals surface area contributed by atoms with Gasteiger partial charge in [-0.15, -0.1) is 0 Å². The topological polar surface area (TPSA) is 150 Å². The van der Waals surface area contributed by atoms with Crippen LogP contribution < -0.4 is 18.9 Å². The number of carbonyl (C=O) groups is 2. The number of fused-ring (bicyclic) bond motifs is 10. The first kappa shape index (κ1) is 58.8. The molecule has 0 saturated heterocycles. The van der Waals surface area contributed by atoms with Gasteiger partial charge in [0.1, 0.15) is 81.0 Å².